The monoisotopic (exact) mass is 458 g/mol. The highest BCUT2D eigenvalue weighted by atomic mass is 16.5. The zero-order valence-corrected chi connectivity index (χ0v) is 19.4. The Labute approximate surface area is 197 Å². The van der Waals surface area contributed by atoms with Crippen molar-refractivity contribution in [2.45, 2.75) is 6.92 Å². The molecule has 0 N–H and O–H groups in total. The maximum absolute atomic E-state index is 13.3. The Hall–Kier alpha value is -4.21. The van der Waals surface area contributed by atoms with E-state index in [2.05, 4.69) is 25.0 Å². The smallest absolute Gasteiger partial charge is 0.272 e. The summed E-state index contributed by atoms with van der Waals surface area (Å²) >= 11 is 0. The summed E-state index contributed by atoms with van der Waals surface area (Å²) in [5.41, 5.74) is 2.21. The minimum Gasteiger partial charge on any atom is -0.497 e. The number of aromatic nitrogens is 6. The molecule has 0 radical (unpaired) electrons. The lowest BCUT2D eigenvalue weighted by Gasteiger charge is -2.35. The van der Waals surface area contributed by atoms with E-state index in [4.69, 9.17) is 4.74 Å². The normalized spacial score (nSPS) is 13.9. The summed E-state index contributed by atoms with van der Waals surface area (Å²) in [5, 5.41) is 4.56. The Morgan fingerprint density at radius 1 is 1.03 bits per heavy atom. The Kier molecular flexibility index (Phi) is 5.70. The summed E-state index contributed by atoms with van der Waals surface area (Å²) in [6.07, 6.45) is 5.30. The lowest BCUT2D eigenvalue weighted by atomic mass is 10.1. The topological polar surface area (TPSA) is 94.2 Å². The lowest BCUT2D eigenvalue weighted by Crippen LogP contribution is -2.49. The van der Waals surface area contributed by atoms with E-state index in [1.54, 1.807) is 31.4 Å². The molecular weight excluding hydrogens is 432 g/mol. The molecule has 0 unspecified atom stereocenters. The highest BCUT2D eigenvalue weighted by Crippen LogP contribution is 2.24. The van der Waals surface area contributed by atoms with Gasteiger partial charge in [0.15, 0.2) is 0 Å². The first-order chi connectivity index (χ1) is 16.5. The molecule has 1 aliphatic rings. The first kappa shape index (κ1) is 21.6. The van der Waals surface area contributed by atoms with E-state index in [1.165, 1.54) is 0 Å². The second kappa shape index (κ2) is 8.97. The molecule has 1 saturated heterocycles. The molecule has 1 aromatic carbocycles. The summed E-state index contributed by atoms with van der Waals surface area (Å²) in [4.78, 5) is 30.5. The number of methoxy groups -OCH3 is 1. The number of hydrogen-bond acceptors (Lipinski definition) is 7. The predicted molar refractivity (Wildman–Crippen MR) is 127 cm³/mol. The van der Waals surface area contributed by atoms with Crippen molar-refractivity contribution in [3.05, 3.63) is 66.6 Å². The van der Waals surface area contributed by atoms with Crippen molar-refractivity contribution in [2.24, 2.45) is 7.05 Å². The second-order valence-electron chi connectivity index (χ2n) is 8.15. The number of nitrogens with zero attached hydrogens (tertiary/aromatic N) is 8. The molecule has 0 bridgehead atoms. The molecule has 0 atom stereocenters. The number of anilines is 1. The third kappa shape index (κ3) is 4.21. The fourth-order valence-electron chi connectivity index (χ4n) is 4.12. The van der Waals surface area contributed by atoms with Crippen molar-refractivity contribution in [1.29, 1.82) is 0 Å². The van der Waals surface area contributed by atoms with Crippen LogP contribution in [0.1, 0.15) is 16.3 Å². The minimum absolute atomic E-state index is 0.0261. The molecule has 5 rings (SSSR count). The average Bonchev–Trinajstić information content (AvgIpc) is 3.54. The van der Waals surface area contributed by atoms with Crippen molar-refractivity contribution in [3.63, 3.8) is 0 Å². The lowest BCUT2D eigenvalue weighted by molar-refractivity contribution is 0.0735. The van der Waals surface area contributed by atoms with E-state index in [1.807, 2.05) is 59.0 Å². The van der Waals surface area contributed by atoms with Crippen LogP contribution in [0.25, 0.3) is 17.1 Å². The summed E-state index contributed by atoms with van der Waals surface area (Å²) in [6, 6.07) is 11.5. The Morgan fingerprint density at radius 2 is 1.82 bits per heavy atom. The number of piperazine rings is 1. The summed E-state index contributed by atoms with van der Waals surface area (Å²) in [7, 11) is 3.43. The van der Waals surface area contributed by atoms with Gasteiger partial charge in [0, 0.05) is 57.3 Å². The maximum Gasteiger partial charge on any atom is 0.272 e. The van der Waals surface area contributed by atoms with Crippen LogP contribution >= 0.6 is 0 Å². The number of rotatable bonds is 5. The van der Waals surface area contributed by atoms with Crippen LogP contribution in [0.2, 0.25) is 0 Å². The number of carbonyl (C=O) groups excluding carboxylic acids is 1. The fraction of sp³-hybridized carbons (Fsp3) is 0.292. The third-order valence-corrected chi connectivity index (χ3v) is 5.94. The van der Waals surface area contributed by atoms with Gasteiger partial charge in [-0.1, -0.05) is 12.1 Å². The van der Waals surface area contributed by atoms with Gasteiger partial charge in [0.25, 0.3) is 5.91 Å². The standard InChI is InChI=1S/C24H26N8O2/c1-17-26-22(15-23(27-17)32-8-7-25-16-32)30-9-11-31(12-10-30)24(33)21-14-20(28-29(21)2)18-5-4-6-19(13-18)34-3/h4-8,13-16H,9-12H2,1-3H3. The van der Waals surface area contributed by atoms with Gasteiger partial charge in [-0.05, 0) is 25.1 Å². The van der Waals surface area contributed by atoms with E-state index >= 15 is 0 Å². The van der Waals surface area contributed by atoms with Gasteiger partial charge in [-0.25, -0.2) is 15.0 Å². The molecule has 0 spiro atoms. The molecule has 1 aliphatic heterocycles. The van der Waals surface area contributed by atoms with Crippen LogP contribution in [-0.2, 0) is 7.05 Å². The molecule has 10 nitrogen and oxygen atoms in total. The number of carbonyl (C=O) groups is 1. The third-order valence-electron chi connectivity index (χ3n) is 5.94. The first-order valence-electron chi connectivity index (χ1n) is 11.1. The van der Waals surface area contributed by atoms with Gasteiger partial charge in [-0.2, -0.15) is 5.10 Å². The maximum atomic E-state index is 13.3. The molecule has 0 aliphatic carbocycles. The molecule has 3 aromatic heterocycles. The van der Waals surface area contributed by atoms with Crippen LogP contribution in [0.15, 0.2) is 55.1 Å². The van der Waals surface area contributed by atoms with Crippen molar-refractivity contribution < 1.29 is 9.53 Å². The number of ether oxygens (including phenoxy) is 1. The predicted octanol–water partition coefficient (Wildman–Crippen LogP) is 2.34. The molecule has 4 heterocycles. The van der Waals surface area contributed by atoms with Gasteiger partial charge in [0.05, 0.1) is 12.8 Å². The van der Waals surface area contributed by atoms with Gasteiger partial charge < -0.3 is 14.5 Å². The zero-order valence-electron chi connectivity index (χ0n) is 19.4. The van der Waals surface area contributed by atoms with Gasteiger partial charge >= 0.3 is 0 Å². The molecule has 4 aromatic rings. The van der Waals surface area contributed by atoms with Crippen LogP contribution in [0.4, 0.5) is 5.82 Å². The zero-order chi connectivity index (χ0) is 23.7. The Balaban J connectivity index is 1.29. The van der Waals surface area contributed by atoms with E-state index in [9.17, 15) is 4.79 Å². The summed E-state index contributed by atoms with van der Waals surface area (Å²) < 4.78 is 8.82. The quantitative estimate of drug-likeness (QED) is 0.453. The number of amides is 1. The summed E-state index contributed by atoms with van der Waals surface area (Å²) in [5.74, 6) is 3.05. The van der Waals surface area contributed by atoms with E-state index < -0.39 is 0 Å². The van der Waals surface area contributed by atoms with Crippen molar-refractivity contribution >= 4 is 11.7 Å². The van der Waals surface area contributed by atoms with Gasteiger partial charge in [-0.15, -0.1) is 0 Å². The second-order valence-corrected chi connectivity index (χ2v) is 8.15. The highest BCUT2D eigenvalue weighted by molar-refractivity contribution is 5.94. The number of aryl methyl sites for hydroxylation is 2. The minimum atomic E-state index is -0.0261. The van der Waals surface area contributed by atoms with E-state index in [0.717, 1.165) is 28.6 Å². The Bertz CT molecular complexity index is 1310. The molecule has 1 fully saturated rings. The molecule has 0 saturated carbocycles. The Morgan fingerprint density at radius 3 is 2.56 bits per heavy atom. The van der Waals surface area contributed by atoms with Gasteiger partial charge in [0.2, 0.25) is 0 Å². The molecule has 34 heavy (non-hydrogen) atoms. The van der Waals surface area contributed by atoms with E-state index in [0.29, 0.717) is 37.7 Å². The first-order valence-corrected chi connectivity index (χ1v) is 11.1. The largest absolute Gasteiger partial charge is 0.497 e. The van der Waals surface area contributed by atoms with Gasteiger partial charge in [0.1, 0.15) is 35.2 Å². The molecular formula is C24H26N8O2. The molecule has 174 valence electrons. The van der Waals surface area contributed by atoms with Crippen molar-refractivity contribution in [2.75, 3.05) is 38.2 Å². The highest BCUT2D eigenvalue weighted by Gasteiger charge is 2.26. The number of imidazole rings is 1. The molecule has 1 amide bonds. The van der Waals surface area contributed by atoms with E-state index in [-0.39, 0.29) is 5.91 Å². The van der Waals surface area contributed by atoms with Crippen molar-refractivity contribution in [3.8, 4) is 22.8 Å². The average molecular weight is 459 g/mol. The van der Waals surface area contributed by atoms with Crippen LogP contribution < -0.4 is 9.64 Å². The van der Waals surface area contributed by atoms with Crippen molar-refractivity contribution in [1.82, 2.24) is 34.2 Å². The summed E-state index contributed by atoms with van der Waals surface area (Å²) in [6.45, 7) is 4.45. The number of hydrogen-bond donors (Lipinski definition) is 0. The fourth-order valence-corrected chi connectivity index (χ4v) is 4.12. The SMILES string of the molecule is COc1cccc(-c2cc(C(=O)N3CCN(c4cc(-n5ccnc5)nc(C)n4)CC3)n(C)n2)c1. The van der Waals surface area contributed by atoms with Crippen LogP contribution in [-0.4, -0.2) is 73.4 Å². The number of benzene rings is 1. The molecule has 10 heteroatoms. The van der Waals surface area contributed by atoms with Crippen LogP contribution in [0.3, 0.4) is 0 Å². The van der Waals surface area contributed by atoms with Crippen LogP contribution in [0.5, 0.6) is 5.75 Å². The van der Waals surface area contributed by atoms with Crippen LogP contribution in [0, 0.1) is 6.92 Å². The van der Waals surface area contributed by atoms with Gasteiger partial charge in [-0.3, -0.25) is 14.0 Å².